The Bertz CT molecular complexity index is 413. The van der Waals surface area contributed by atoms with Crippen LogP contribution in [0.2, 0.25) is 0 Å². The molecule has 3 heteroatoms. The van der Waals surface area contributed by atoms with Crippen molar-refractivity contribution in [3.05, 3.63) is 29.8 Å². The number of rotatable bonds is 8. The Kier molecular flexibility index (Phi) is 5.44. The molecule has 0 bridgehead atoms. The summed E-state index contributed by atoms with van der Waals surface area (Å²) in [5.41, 5.74) is 1.21. The van der Waals surface area contributed by atoms with E-state index in [-0.39, 0.29) is 6.10 Å². The van der Waals surface area contributed by atoms with Gasteiger partial charge >= 0.3 is 0 Å². The lowest BCUT2D eigenvalue weighted by molar-refractivity contribution is 0.102. The number of aliphatic hydroxyl groups excluding tert-OH is 1. The first-order chi connectivity index (χ1) is 9.56. The monoisotopic (exact) mass is 277 g/mol. The highest BCUT2D eigenvalue weighted by Crippen LogP contribution is 2.30. The number of aliphatic hydroxyl groups is 1. The van der Waals surface area contributed by atoms with E-state index in [1.54, 1.807) is 0 Å². The fourth-order valence-corrected chi connectivity index (χ4v) is 2.28. The van der Waals surface area contributed by atoms with Crippen LogP contribution in [0.25, 0.3) is 0 Å². The lowest BCUT2D eigenvalue weighted by Gasteiger charge is -2.28. The normalized spacial score (nSPS) is 16.7. The zero-order valence-electron chi connectivity index (χ0n) is 12.9. The zero-order valence-corrected chi connectivity index (χ0v) is 12.9. The maximum atomic E-state index is 9.63. The highest BCUT2D eigenvalue weighted by Gasteiger charge is 2.22. The van der Waals surface area contributed by atoms with Crippen molar-refractivity contribution in [1.29, 1.82) is 0 Å². The first kappa shape index (κ1) is 15.3. The third kappa shape index (κ3) is 4.80. The van der Waals surface area contributed by atoms with Crippen molar-refractivity contribution in [3.8, 4) is 5.75 Å². The van der Waals surface area contributed by atoms with E-state index in [0.29, 0.717) is 12.6 Å². The molecule has 0 aromatic heterocycles. The Labute approximate surface area is 122 Å². The summed E-state index contributed by atoms with van der Waals surface area (Å²) in [6.45, 7) is 8.52. The summed E-state index contributed by atoms with van der Waals surface area (Å²) >= 11 is 0. The molecule has 112 valence electrons. The Morgan fingerprint density at radius 2 is 1.95 bits per heavy atom. The second-order valence-corrected chi connectivity index (χ2v) is 6.23. The first-order valence-electron chi connectivity index (χ1n) is 7.69. The van der Waals surface area contributed by atoms with Gasteiger partial charge in [-0.15, -0.1) is 0 Å². The molecule has 0 aliphatic heterocycles. The molecule has 1 aliphatic carbocycles. The lowest BCUT2D eigenvalue weighted by atomic mass is 10.1. The first-order valence-corrected chi connectivity index (χ1v) is 7.69. The van der Waals surface area contributed by atoms with Gasteiger partial charge < -0.3 is 9.84 Å². The molecule has 1 fully saturated rings. The minimum absolute atomic E-state index is 0.308. The lowest BCUT2D eigenvalue weighted by Crippen LogP contribution is -2.36. The number of hydrogen-bond acceptors (Lipinski definition) is 3. The third-order valence-corrected chi connectivity index (χ3v) is 3.75. The molecule has 1 aromatic rings. The highest BCUT2D eigenvalue weighted by atomic mass is 16.5. The molecule has 0 heterocycles. The minimum atomic E-state index is -0.308. The fourth-order valence-electron chi connectivity index (χ4n) is 2.28. The molecule has 0 radical (unpaired) electrons. The molecule has 1 unspecified atom stereocenters. The van der Waals surface area contributed by atoms with Crippen LogP contribution in [0.15, 0.2) is 24.3 Å². The van der Waals surface area contributed by atoms with Gasteiger partial charge in [-0.2, -0.15) is 0 Å². The van der Waals surface area contributed by atoms with E-state index in [1.165, 1.54) is 18.4 Å². The Morgan fingerprint density at radius 3 is 2.55 bits per heavy atom. The summed E-state index contributed by atoms with van der Waals surface area (Å²) in [4.78, 5) is 2.28. The van der Waals surface area contributed by atoms with Crippen molar-refractivity contribution < 1.29 is 9.84 Å². The second-order valence-electron chi connectivity index (χ2n) is 6.23. The summed E-state index contributed by atoms with van der Waals surface area (Å²) in [7, 11) is 0. The maximum absolute atomic E-state index is 9.63. The molecule has 20 heavy (non-hydrogen) atoms. The molecule has 2 rings (SSSR count). The Hall–Kier alpha value is -1.06. The SMILES string of the molecule is CC(O)CN(Cc1ccccc1OCC1CC1)C(C)C. The van der Waals surface area contributed by atoms with Crippen LogP contribution in [0, 0.1) is 5.92 Å². The van der Waals surface area contributed by atoms with Crippen molar-refractivity contribution >= 4 is 0 Å². The zero-order chi connectivity index (χ0) is 14.5. The van der Waals surface area contributed by atoms with Gasteiger partial charge in [0.2, 0.25) is 0 Å². The quantitative estimate of drug-likeness (QED) is 0.792. The van der Waals surface area contributed by atoms with Crippen LogP contribution < -0.4 is 4.74 Å². The van der Waals surface area contributed by atoms with Crippen LogP contribution in [-0.2, 0) is 6.54 Å². The smallest absolute Gasteiger partial charge is 0.123 e. The number of nitrogens with zero attached hydrogens (tertiary/aromatic N) is 1. The molecule has 3 nitrogen and oxygen atoms in total. The molecule has 1 saturated carbocycles. The summed E-state index contributed by atoms with van der Waals surface area (Å²) in [6.07, 6.45) is 2.31. The standard InChI is InChI=1S/C17H27NO2/c1-13(2)18(10-14(3)19)11-16-6-4-5-7-17(16)20-12-15-8-9-15/h4-7,13-15,19H,8-12H2,1-3H3. The van der Waals surface area contributed by atoms with E-state index in [2.05, 4.69) is 36.9 Å². The van der Waals surface area contributed by atoms with Crippen LogP contribution in [0.5, 0.6) is 5.75 Å². The van der Waals surface area contributed by atoms with Gasteiger partial charge in [0.25, 0.3) is 0 Å². The second kappa shape index (κ2) is 7.09. The van der Waals surface area contributed by atoms with Gasteiger partial charge in [0.15, 0.2) is 0 Å². The predicted octanol–water partition coefficient (Wildman–Crippen LogP) is 3.07. The number of benzene rings is 1. The average molecular weight is 277 g/mol. The van der Waals surface area contributed by atoms with E-state index < -0.39 is 0 Å². The van der Waals surface area contributed by atoms with E-state index in [1.807, 2.05) is 13.0 Å². The van der Waals surface area contributed by atoms with Crippen LogP contribution in [0.4, 0.5) is 0 Å². The van der Waals surface area contributed by atoms with Gasteiger partial charge in [0.1, 0.15) is 5.75 Å². The molecule has 1 atom stereocenters. The van der Waals surface area contributed by atoms with Gasteiger partial charge in [-0.25, -0.2) is 0 Å². The van der Waals surface area contributed by atoms with Crippen molar-refractivity contribution in [2.75, 3.05) is 13.2 Å². The van der Waals surface area contributed by atoms with E-state index in [0.717, 1.165) is 24.8 Å². The summed E-state index contributed by atoms with van der Waals surface area (Å²) in [5, 5.41) is 9.63. The van der Waals surface area contributed by atoms with Crippen LogP contribution in [0.3, 0.4) is 0 Å². The van der Waals surface area contributed by atoms with E-state index in [4.69, 9.17) is 4.74 Å². The number of hydrogen-bond donors (Lipinski definition) is 1. The summed E-state index contributed by atoms with van der Waals surface area (Å²) < 4.78 is 5.96. The van der Waals surface area contributed by atoms with Crippen molar-refractivity contribution in [1.82, 2.24) is 4.90 Å². The maximum Gasteiger partial charge on any atom is 0.123 e. The summed E-state index contributed by atoms with van der Waals surface area (Å²) in [6, 6.07) is 8.67. The van der Waals surface area contributed by atoms with Crippen molar-refractivity contribution in [2.45, 2.75) is 52.3 Å². The van der Waals surface area contributed by atoms with E-state index >= 15 is 0 Å². The van der Waals surface area contributed by atoms with Gasteiger partial charge in [0.05, 0.1) is 12.7 Å². The topological polar surface area (TPSA) is 32.7 Å². The minimum Gasteiger partial charge on any atom is -0.493 e. The molecule has 1 aromatic carbocycles. The molecule has 0 saturated heterocycles. The molecular weight excluding hydrogens is 250 g/mol. The predicted molar refractivity (Wildman–Crippen MR) is 81.9 cm³/mol. The Morgan fingerprint density at radius 1 is 1.25 bits per heavy atom. The van der Waals surface area contributed by atoms with Crippen molar-refractivity contribution in [2.24, 2.45) is 5.92 Å². The fraction of sp³-hybridized carbons (Fsp3) is 0.647. The van der Waals surface area contributed by atoms with Crippen molar-refractivity contribution in [3.63, 3.8) is 0 Å². The molecular formula is C17H27NO2. The van der Waals surface area contributed by atoms with Crippen LogP contribution in [0.1, 0.15) is 39.2 Å². The number of para-hydroxylation sites is 1. The van der Waals surface area contributed by atoms with Gasteiger partial charge in [-0.05, 0) is 45.6 Å². The van der Waals surface area contributed by atoms with Gasteiger partial charge in [-0.3, -0.25) is 4.90 Å². The largest absolute Gasteiger partial charge is 0.493 e. The molecule has 1 aliphatic rings. The molecule has 0 amide bonds. The molecule has 1 N–H and O–H groups in total. The summed E-state index contributed by atoms with van der Waals surface area (Å²) in [5.74, 6) is 1.76. The van der Waals surface area contributed by atoms with Crippen LogP contribution >= 0.6 is 0 Å². The number of ether oxygens (including phenoxy) is 1. The average Bonchev–Trinajstić information content (AvgIpc) is 3.20. The third-order valence-electron chi connectivity index (χ3n) is 3.75. The van der Waals surface area contributed by atoms with Gasteiger partial charge in [-0.1, -0.05) is 18.2 Å². The molecule has 0 spiro atoms. The highest BCUT2D eigenvalue weighted by molar-refractivity contribution is 5.33. The Balaban J connectivity index is 2.01. The van der Waals surface area contributed by atoms with Crippen LogP contribution in [-0.4, -0.2) is 35.3 Å². The van der Waals surface area contributed by atoms with E-state index in [9.17, 15) is 5.11 Å². The van der Waals surface area contributed by atoms with Gasteiger partial charge in [0, 0.05) is 24.7 Å².